The first kappa shape index (κ1) is 26.0. The van der Waals surface area contributed by atoms with E-state index in [9.17, 15) is 9.59 Å². The highest BCUT2D eigenvalue weighted by molar-refractivity contribution is 6.09. The maximum Gasteiger partial charge on any atom is 0.255 e. The Hall–Kier alpha value is -4.59. The lowest BCUT2D eigenvalue weighted by Crippen LogP contribution is -2.37. The molecule has 2 aliphatic rings. The number of nitrogens with zero attached hydrogens (tertiary/aromatic N) is 1. The van der Waals surface area contributed by atoms with Crippen molar-refractivity contribution in [3.05, 3.63) is 101 Å². The number of aromatic nitrogens is 1. The second kappa shape index (κ2) is 11.0. The maximum atomic E-state index is 13.9. The first-order valence-electron chi connectivity index (χ1n) is 12.8. The lowest BCUT2D eigenvalue weighted by atomic mass is 9.71. The lowest BCUT2D eigenvalue weighted by molar-refractivity contribution is -0.116. The van der Waals surface area contributed by atoms with Gasteiger partial charge in [0.2, 0.25) is 0 Å². The molecule has 0 radical (unpaired) electrons. The van der Waals surface area contributed by atoms with Crippen LogP contribution in [0.1, 0.15) is 42.7 Å². The Bertz CT molecular complexity index is 1460. The van der Waals surface area contributed by atoms with Gasteiger partial charge in [0, 0.05) is 40.7 Å². The molecule has 8 nitrogen and oxygen atoms in total. The first-order chi connectivity index (χ1) is 18.9. The number of carbonyl (C=O) groups is 2. The molecule has 0 bridgehead atoms. The van der Waals surface area contributed by atoms with E-state index in [-0.39, 0.29) is 17.6 Å². The quantitative estimate of drug-likeness (QED) is 0.442. The van der Waals surface area contributed by atoms with Crippen LogP contribution in [0.15, 0.2) is 89.4 Å². The minimum Gasteiger partial charge on any atom is -0.497 e. The minimum absolute atomic E-state index is 0.000735. The van der Waals surface area contributed by atoms with Gasteiger partial charge in [-0.2, -0.15) is 0 Å². The van der Waals surface area contributed by atoms with Gasteiger partial charge in [0.25, 0.3) is 5.91 Å². The number of para-hydroxylation sites is 1. The van der Waals surface area contributed by atoms with Gasteiger partial charge in [-0.25, -0.2) is 4.98 Å². The van der Waals surface area contributed by atoms with Gasteiger partial charge in [0.15, 0.2) is 17.3 Å². The van der Waals surface area contributed by atoms with Crippen molar-refractivity contribution in [1.29, 1.82) is 0 Å². The molecule has 2 aromatic carbocycles. The van der Waals surface area contributed by atoms with Gasteiger partial charge in [-0.05, 0) is 55.2 Å². The molecule has 5 rings (SSSR count). The molecule has 2 heterocycles. The number of carbonyl (C=O) groups excluding carboxylic acids is 2. The van der Waals surface area contributed by atoms with E-state index in [4.69, 9.17) is 14.2 Å². The third-order valence-corrected chi connectivity index (χ3v) is 7.31. The number of benzene rings is 2. The van der Waals surface area contributed by atoms with Crippen molar-refractivity contribution in [2.24, 2.45) is 0 Å². The van der Waals surface area contributed by atoms with Crippen LogP contribution in [0.25, 0.3) is 0 Å². The summed E-state index contributed by atoms with van der Waals surface area (Å²) >= 11 is 0. The minimum atomic E-state index is -0.653. The molecule has 1 aliphatic heterocycles. The SMILES string of the molecule is COc1ccc(C2CC(=O)C3=C(C2)NC(C)=C(C(=O)Nc2ccccn2)C3c2cccc(OC)c2OC)cc1. The summed E-state index contributed by atoms with van der Waals surface area (Å²) in [5.41, 5.74) is 4.24. The van der Waals surface area contributed by atoms with Crippen LogP contribution in [-0.4, -0.2) is 38.0 Å². The van der Waals surface area contributed by atoms with Gasteiger partial charge in [0.05, 0.1) is 27.2 Å². The fourth-order valence-corrected chi connectivity index (χ4v) is 5.52. The number of hydrogen-bond acceptors (Lipinski definition) is 7. The van der Waals surface area contributed by atoms with Crippen molar-refractivity contribution < 1.29 is 23.8 Å². The van der Waals surface area contributed by atoms with E-state index in [1.807, 2.05) is 43.3 Å². The fraction of sp³-hybridized carbons (Fsp3) is 0.258. The summed E-state index contributed by atoms with van der Waals surface area (Å²) in [6, 6.07) is 18.7. The summed E-state index contributed by atoms with van der Waals surface area (Å²) in [5, 5.41) is 6.31. The molecule has 1 amide bonds. The summed E-state index contributed by atoms with van der Waals surface area (Å²) < 4.78 is 16.6. The maximum absolute atomic E-state index is 13.9. The third-order valence-electron chi connectivity index (χ3n) is 7.31. The molecule has 1 aliphatic carbocycles. The van der Waals surface area contributed by atoms with E-state index < -0.39 is 5.92 Å². The Morgan fingerprint density at radius 2 is 1.74 bits per heavy atom. The van der Waals surface area contributed by atoms with Crippen molar-refractivity contribution in [2.75, 3.05) is 26.6 Å². The molecular weight excluding hydrogens is 494 g/mol. The number of Topliss-reactive ketones (excluding diaryl/α,β-unsaturated/α-hetero) is 1. The van der Waals surface area contributed by atoms with Crippen LogP contribution in [-0.2, 0) is 9.59 Å². The predicted molar refractivity (Wildman–Crippen MR) is 148 cm³/mol. The fourth-order valence-electron chi connectivity index (χ4n) is 5.52. The number of ketones is 1. The molecule has 2 atom stereocenters. The molecular formula is C31H31N3O5. The van der Waals surface area contributed by atoms with Crippen molar-refractivity contribution in [3.63, 3.8) is 0 Å². The monoisotopic (exact) mass is 525 g/mol. The van der Waals surface area contributed by atoms with Gasteiger partial charge in [-0.15, -0.1) is 0 Å². The average Bonchev–Trinajstić information content (AvgIpc) is 2.96. The van der Waals surface area contributed by atoms with Gasteiger partial charge in [-0.1, -0.05) is 30.3 Å². The van der Waals surface area contributed by atoms with Crippen LogP contribution < -0.4 is 24.8 Å². The highest BCUT2D eigenvalue weighted by atomic mass is 16.5. The van der Waals surface area contributed by atoms with Crippen LogP contribution in [0.4, 0.5) is 5.82 Å². The molecule has 200 valence electrons. The van der Waals surface area contributed by atoms with Crippen molar-refractivity contribution in [1.82, 2.24) is 10.3 Å². The topological polar surface area (TPSA) is 98.8 Å². The van der Waals surface area contributed by atoms with E-state index in [1.165, 1.54) is 0 Å². The molecule has 8 heteroatoms. The van der Waals surface area contributed by atoms with Gasteiger partial charge in [-0.3, -0.25) is 9.59 Å². The van der Waals surface area contributed by atoms with Crippen LogP contribution in [0.2, 0.25) is 0 Å². The summed E-state index contributed by atoms with van der Waals surface area (Å²) in [6.45, 7) is 1.86. The number of nitrogens with one attached hydrogen (secondary N) is 2. The number of ether oxygens (including phenoxy) is 3. The van der Waals surface area contributed by atoms with Gasteiger partial charge < -0.3 is 24.8 Å². The third kappa shape index (κ3) is 4.97. The first-order valence-corrected chi connectivity index (χ1v) is 12.8. The molecule has 0 saturated heterocycles. The average molecular weight is 526 g/mol. The second-order valence-corrected chi connectivity index (χ2v) is 9.54. The zero-order valence-corrected chi connectivity index (χ0v) is 22.4. The van der Waals surface area contributed by atoms with Crippen LogP contribution in [0, 0.1) is 0 Å². The van der Waals surface area contributed by atoms with E-state index in [0.29, 0.717) is 52.6 Å². The van der Waals surface area contributed by atoms with Gasteiger partial charge >= 0.3 is 0 Å². The van der Waals surface area contributed by atoms with Crippen molar-refractivity contribution >= 4 is 17.5 Å². The molecule has 1 aromatic heterocycles. The number of pyridine rings is 1. The Morgan fingerprint density at radius 1 is 0.949 bits per heavy atom. The molecule has 0 spiro atoms. The Labute approximate surface area is 227 Å². The van der Waals surface area contributed by atoms with E-state index in [1.54, 1.807) is 51.8 Å². The van der Waals surface area contributed by atoms with Crippen molar-refractivity contribution in [2.45, 2.75) is 31.6 Å². The molecule has 39 heavy (non-hydrogen) atoms. The van der Waals surface area contributed by atoms with Crippen molar-refractivity contribution in [3.8, 4) is 17.2 Å². The standard InChI is InChI=1S/C31H31N3O5/c1-18-27(31(36)34-26-10-5-6-15-32-26)28(22-8-7-9-25(38-3)30(22)39-4)29-23(33-18)16-20(17-24(29)35)19-11-13-21(37-2)14-12-19/h5-15,20,28,33H,16-17H2,1-4H3,(H,32,34,36). The number of rotatable bonds is 7. The van der Waals surface area contributed by atoms with Crippen LogP contribution >= 0.6 is 0 Å². The summed E-state index contributed by atoms with van der Waals surface area (Å²) in [4.78, 5) is 32.0. The second-order valence-electron chi connectivity index (χ2n) is 9.54. The highest BCUT2D eigenvalue weighted by Crippen LogP contribution is 2.49. The Kier molecular flexibility index (Phi) is 7.36. The summed E-state index contributed by atoms with van der Waals surface area (Å²) in [6.07, 6.45) is 2.57. The number of dihydropyridines is 1. The number of methoxy groups -OCH3 is 3. The van der Waals surface area contributed by atoms with E-state index >= 15 is 0 Å². The molecule has 0 fully saturated rings. The summed E-state index contributed by atoms with van der Waals surface area (Å²) in [5.74, 6) is 1.19. The van der Waals surface area contributed by atoms with E-state index in [0.717, 1.165) is 17.0 Å². The lowest BCUT2D eigenvalue weighted by Gasteiger charge is -2.37. The largest absolute Gasteiger partial charge is 0.497 e. The van der Waals surface area contributed by atoms with Gasteiger partial charge in [0.1, 0.15) is 11.6 Å². The van der Waals surface area contributed by atoms with E-state index in [2.05, 4.69) is 15.6 Å². The van der Waals surface area contributed by atoms with Crippen LogP contribution in [0.5, 0.6) is 17.2 Å². The Balaban J connectivity index is 1.61. The highest BCUT2D eigenvalue weighted by Gasteiger charge is 2.42. The smallest absolute Gasteiger partial charge is 0.255 e. The normalized spacial score (nSPS) is 18.7. The van der Waals surface area contributed by atoms with Crippen LogP contribution in [0.3, 0.4) is 0 Å². The summed E-state index contributed by atoms with van der Waals surface area (Å²) in [7, 11) is 4.76. The molecule has 2 N–H and O–H groups in total. The zero-order valence-electron chi connectivity index (χ0n) is 22.4. The number of allylic oxidation sites excluding steroid dienone is 3. The Morgan fingerprint density at radius 3 is 2.41 bits per heavy atom. The molecule has 0 saturated carbocycles. The number of amides is 1. The molecule has 2 unspecified atom stereocenters. The zero-order chi connectivity index (χ0) is 27.5. The number of anilines is 1. The number of hydrogen-bond donors (Lipinski definition) is 2. The predicted octanol–water partition coefficient (Wildman–Crippen LogP) is 5.11. The molecule has 3 aromatic rings.